The highest BCUT2D eigenvalue weighted by atomic mass is 79.9. The number of alkyl halides is 1. The first kappa shape index (κ1) is 16.0. The second kappa shape index (κ2) is 6.91. The minimum absolute atomic E-state index is 0.174. The predicted octanol–water partition coefficient (Wildman–Crippen LogP) is 3.47. The molecule has 1 atom stereocenters. The lowest BCUT2D eigenvalue weighted by molar-refractivity contribution is 0.0492. The summed E-state index contributed by atoms with van der Waals surface area (Å²) in [5, 5.41) is 0.767. The SMILES string of the molecule is C[C@H](CBr)NNC(=O)OC(C)(C)C.c1cc2cc-2c1. The van der Waals surface area contributed by atoms with Crippen molar-refractivity contribution in [3.63, 3.8) is 0 Å². The minimum atomic E-state index is -0.458. The molecule has 0 saturated heterocycles. The average Bonchev–Trinajstić information content (AvgIpc) is 2.92. The molecule has 4 nitrogen and oxygen atoms in total. The van der Waals surface area contributed by atoms with E-state index >= 15 is 0 Å². The fraction of sp³-hybridized carbons (Fsp3) is 0.500. The molecule has 1 amide bonds. The largest absolute Gasteiger partial charge is 0.443 e. The lowest BCUT2D eigenvalue weighted by Gasteiger charge is -2.20. The minimum Gasteiger partial charge on any atom is -0.443 e. The van der Waals surface area contributed by atoms with Gasteiger partial charge >= 0.3 is 6.09 Å². The molecule has 0 fully saturated rings. The molecule has 0 spiro atoms. The van der Waals surface area contributed by atoms with E-state index in [4.69, 9.17) is 4.74 Å². The molecule has 0 aromatic heterocycles. The summed E-state index contributed by atoms with van der Waals surface area (Å²) in [4.78, 5) is 11.1. The van der Waals surface area contributed by atoms with E-state index in [1.165, 1.54) is 11.1 Å². The molecular formula is C14H21BrN2O2. The van der Waals surface area contributed by atoms with Crippen LogP contribution in [0.15, 0.2) is 24.3 Å². The fourth-order valence-electron chi connectivity index (χ4n) is 1.20. The first-order valence-electron chi connectivity index (χ1n) is 6.23. The van der Waals surface area contributed by atoms with Crippen LogP contribution in [0.5, 0.6) is 0 Å². The number of carbonyl (C=O) groups is 1. The van der Waals surface area contributed by atoms with Crippen LogP contribution in [0.4, 0.5) is 4.79 Å². The summed E-state index contributed by atoms with van der Waals surface area (Å²) in [5.74, 6) is 0. The fourth-order valence-corrected chi connectivity index (χ4v) is 1.36. The van der Waals surface area contributed by atoms with Crippen molar-refractivity contribution in [2.24, 2.45) is 0 Å². The lowest BCUT2D eigenvalue weighted by atomic mass is 10.2. The summed E-state index contributed by atoms with van der Waals surface area (Å²) in [7, 11) is 0. The molecule has 0 aromatic carbocycles. The molecule has 0 saturated carbocycles. The number of carbonyl (C=O) groups excluding carboxylic acids is 1. The average molecular weight is 329 g/mol. The van der Waals surface area contributed by atoms with E-state index in [0.717, 1.165) is 5.33 Å². The smallest absolute Gasteiger partial charge is 0.422 e. The van der Waals surface area contributed by atoms with Gasteiger partial charge in [0, 0.05) is 11.4 Å². The Bertz CT molecular complexity index is 412. The van der Waals surface area contributed by atoms with Crippen LogP contribution in [0.25, 0.3) is 11.1 Å². The van der Waals surface area contributed by atoms with Crippen molar-refractivity contribution in [2.45, 2.75) is 39.3 Å². The molecule has 19 heavy (non-hydrogen) atoms. The highest BCUT2D eigenvalue weighted by Gasteiger charge is 2.15. The van der Waals surface area contributed by atoms with Crippen molar-refractivity contribution < 1.29 is 9.53 Å². The number of hydrazine groups is 1. The number of hydrogen-bond donors (Lipinski definition) is 2. The van der Waals surface area contributed by atoms with Crippen molar-refractivity contribution in [2.75, 3.05) is 5.33 Å². The number of amides is 1. The van der Waals surface area contributed by atoms with Gasteiger partial charge in [-0.3, -0.25) is 5.43 Å². The molecule has 2 aliphatic rings. The molecule has 106 valence electrons. The van der Waals surface area contributed by atoms with Gasteiger partial charge in [0.05, 0.1) is 0 Å². The Balaban J connectivity index is 0.000000241. The molecule has 0 aliphatic heterocycles. The number of benzene rings is 1. The van der Waals surface area contributed by atoms with Gasteiger partial charge in [0.15, 0.2) is 0 Å². The Morgan fingerprint density at radius 2 is 1.95 bits per heavy atom. The van der Waals surface area contributed by atoms with E-state index in [1.54, 1.807) is 0 Å². The second-order valence-corrected chi connectivity index (χ2v) is 6.05. The summed E-state index contributed by atoms with van der Waals surface area (Å²) >= 11 is 3.27. The Labute approximate surface area is 123 Å². The van der Waals surface area contributed by atoms with Gasteiger partial charge in [-0.1, -0.05) is 34.1 Å². The highest BCUT2D eigenvalue weighted by molar-refractivity contribution is 9.09. The summed E-state index contributed by atoms with van der Waals surface area (Å²) in [6.45, 7) is 7.40. The van der Waals surface area contributed by atoms with Gasteiger partial charge in [-0.05, 0) is 44.9 Å². The normalized spacial score (nSPS) is 12.9. The van der Waals surface area contributed by atoms with Gasteiger partial charge in [0.2, 0.25) is 0 Å². The topological polar surface area (TPSA) is 50.4 Å². The zero-order valence-electron chi connectivity index (χ0n) is 11.8. The molecule has 0 bridgehead atoms. The maximum absolute atomic E-state index is 11.1. The Morgan fingerprint density at radius 1 is 1.37 bits per heavy atom. The van der Waals surface area contributed by atoms with E-state index < -0.39 is 11.7 Å². The van der Waals surface area contributed by atoms with Gasteiger partial charge in [-0.2, -0.15) is 0 Å². The van der Waals surface area contributed by atoms with Crippen molar-refractivity contribution in [1.82, 2.24) is 10.9 Å². The van der Waals surface area contributed by atoms with Crippen LogP contribution in [-0.4, -0.2) is 23.1 Å². The van der Waals surface area contributed by atoms with Crippen LogP contribution in [0, 0.1) is 0 Å². The zero-order chi connectivity index (χ0) is 14.5. The molecule has 0 radical (unpaired) electrons. The first-order valence-corrected chi connectivity index (χ1v) is 7.35. The molecule has 0 heterocycles. The Kier molecular flexibility index (Phi) is 5.82. The van der Waals surface area contributed by atoms with Crippen LogP contribution in [0.1, 0.15) is 27.7 Å². The van der Waals surface area contributed by atoms with E-state index in [2.05, 4.69) is 51.0 Å². The lowest BCUT2D eigenvalue weighted by Crippen LogP contribution is -2.45. The number of ether oxygens (including phenoxy) is 1. The maximum atomic E-state index is 11.1. The third-order valence-corrected chi connectivity index (χ3v) is 3.13. The van der Waals surface area contributed by atoms with E-state index in [9.17, 15) is 4.79 Å². The standard InChI is InChI=1S/C8H17BrN2O2.C6H4/c1-6(5-9)10-11-7(12)13-8(2,3)4;1-2-5-4-6(5)3-1/h6,10H,5H2,1-4H3,(H,11,12);1-4H/t6-;/m1./s1. The van der Waals surface area contributed by atoms with Crippen LogP contribution in [-0.2, 0) is 4.74 Å². The number of nitrogens with one attached hydrogen (secondary N) is 2. The second-order valence-electron chi connectivity index (χ2n) is 5.41. The van der Waals surface area contributed by atoms with Crippen LogP contribution < -0.4 is 10.9 Å². The summed E-state index contributed by atoms with van der Waals surface area (Å²) in [6, 6.07) is 8.66. The van der Waals surface area contributed by atoms with Crippen LogP contribution in [0.2, 0.25) is 0 Å². The number of rotatable bonds is 3. The van der Waals surface area contributed by atoms with Crippen LogP contribution in [0.3, 0.4) is 0 Å². The summed E-state index contributed by atoms with van der Waals surface area (Å²) in [6.07, 6.45) is -0.458. The van der Waals surface area contributed by atoms with E-state index in [0.29, 0.717) is 0 Å². The Hall–Kier alpha value is -1.07. The predicted molar refractivity (Wildman–Crippen MR) is 81.2 cm³/mol. The quantitative estimate of drug-likeness (QED) is 0.670. The zero-order valence-corrected chi connectivity index (χ0v) is 13.4. The maximum Gasteiger partial charge on any atom is 0.422 e. The Morgan fingerprint density at radius 3 is 2.26 bits per heavy atom. The van der Waals surface area contributed by atoms with E-state index in [1.807, 2.05) is 27.7 Å². The molecule has 5 heteroatoms. The highest BCUT2D eigenvalue weighted by Crippen LogP contribution is 2.32. The van der Waals surface area contributed by atoms with Crippen molar-refractivity contribution in [3.8, 4) is 11.1 Å². The molecule has 2 aliphatic carbocycles. The third-order valence-electron chi connectivity index (χ3n) is 2.16. The van der Waals surface area contributed by atoms with Crippen molar-refractivity contribution >= 4 is 22.0 Å². The summed E-state index contributed by atoms with van der Waals surface area (Å²) < 4.78 is 5.00. The molecule has 0 unspecified atom stereocenters. The number of halogens is 1. The molecule has 2 N–H and O–H groups in total. The van der Waals surface area contributed by atoms with E-state index in [-0.39, 0.29) is 6.04 Å². The van der Waals surface area contributed by atoms with Crippen molar-refractivity contribution in [1.29, 1.82) is 0 Å². The summed E-state index contributed by atoms with van der Waals surface area (Å²) in [5.41, 5.74) is 7.63. The molecule has 2 rings (SSSR count). The third kappa shape index (κ3) is 7.18. The van der Waals surface area contributed by atoms with Gasteiger partial charge < -0.3 is 4.74 Å². The number of fused-ring (bicyclic) bond motifs is 1. The van der Waals surface area contributed by atoms with Gasteiger partial charge in [0.1, 0.15) is 5.60 Å². The van der Waals surface area contributed by atoms with Gasteiger partial charge in [-0.15, -0.1) is 0 Å². The monoisotopic (exact) mass is 328 g/mol. The first-order chi connectivity index (χ1) is 8.81. The molecule has 0 aromatic rings. The van der Waals surface area contributed by atoms with Gasteiger partial charge in [0.25, 0.3) is 0 Å². The number of hydrogen-bond acceptors (Lipinski definition) is 3. The van der Waals surface area contributed by atoms with Crippen LogP contribution >= 0.6 is 15.9 Å². The molecular weight excluding hydrogens is 308 g/mol. The van der Waals surface area contributed by atoms with Gasteiger partial charge in [-0.25, -0.2) is 10.2 Å². The van der Waals surface area contributed by atoms with Crippen molar-refractivity contribution in [3.05, 3.63) is 24.3 Å².